The number of carboxylic acids is 1. The quantitative estimate of drug-likeness (QED) is 0.702. The summed E-state index contributed by atoms with van der Waals surface area (Å²) in [7, 11) is 0. The van der Waals surface area contributed by atoms with Crippen LogP contribution in [0, 0.1) is 5.41 Å². The summed E-state index contributed by atoms with van der Waals surface area (Å²) < 4.78 is 5.50. The highest BCUT2D eigenvalue weighted by Crippen LogP contribution is 2.26. The van der Waals surface area contributed by atoms with Gasteiger partial charge in [0.25, 0.3) is 5.91 Å². The fourth-order valence-corrected chi connectivity index (χ4v) is 3.01. The van der Waals surface area contributed by atoms with E-state index in [1.54, 1.807) is 36.9 Å². The summed E-state index contributed by atoms with van der Waals surface area (Å²) in [6.07, 6.45) is 2.26. The molecule has 2 N–H and O–H groups in total. The number of carbonyl (C=O) groups is 3. The van der Waals surface area contributed by atoms with Crippen LogP contribution in [0.1, 0.15) is 39.5 Å². The molecular weight excluding hydrogens is 336 g/mol. The number of ether oxygens (including phenoxy) is 1. The summed E-state index contributed by atoms with van der Waals surface area (Å²) in [5, 5.41) is 12.0. The van der Waals surface area contributed by atoms with Gasteiger partial charge in [-0.15, -0.1) is 0 Å². The molecule has 26 heavy (non-hydrogen) atoms. The molecule has 1 aliphatic rings. The summed E-state index contributed by atoms with van der Waals surface area (Å²) >= 11 is 0. The Morgan fingerprint density at radius 2 is 2.04 bits per heavy atom. The highest BCUT2D eigenvalue weighted by atomic mass is 16.5. The van der Waals surface area contributed by atoms with Crippen LogP contribution in [0.2, 0.25) is 0 Å². The maximum absolute atomic E-state index is 12.0. The SMILES string of the molecule is CCC(CC)(CNC(=O)COc1cccc(N2CCCC2=O)c1)C(=O)O. The first-order valence-electron chi connectivity index (χ1n) is 8.95. The molecule has 7 heteroatoms. The van der Waals surface area contributed by atoms with Gasteiger partial charge in [-0.1, -0.05) is 19.9 Å². The van der Waals surface area contributed by atoms with Gasteiger partial charge in [-0.2, -0.15) is 0 Å². The molecule has 2 amide bonds. The second-order valence-corrected chi connectivity index (χ2v) is 6.50. The van der Waals surface area contributed by atoms with Gasteiger partial charge in [0.2, 0.25) is 5.91 Å². The van der Waals surface area contributed by atoms with E-state index >= 15 is 0 Å². The Labute approximate surface area is 153 Å². The van der Waals surface area contributed by atoms with Crippen molar-refractivity contribution in [2.45, 2.75) is 39.5 Å². The van der Waals surface area contributed by atoms with Crippen molar-refractivity contribution in [3.05, 3.63) is 24.3 Å². The lowest BCUT2D eigenvalue weighted by Crippen LogP contribution is -2.43. The molecular formula is C19H26N2O5. The van der Waals surface area contributed by atoms with E-state index < -0.39 is 11.4 Å². The number of nitrogens with zero attached hydrogens (tertiary/aromatic N) is 1. The highest BCUT2D eigenvalue weighted by molar-refractivity contribution is 5.95. The normalized spacial score (nSPS) is 14.4. The van der Waals surface area contributed by atoms with Crippen LogP contribution in [0.4, 0.5) is 5.69 Å². The zero-order valence-electron chi connectivity index (χ0n) is 15.3. The first-order chi connectivity index (χ1) is 12.4. The molecule has 0 aliphatic carbocycles. The molecule has 1 aromatic rings. The Morgan fingerprint density at radius 3 is 2.62 bits per heavy atom. The van der Waals surface area contributed by atoms with Crippen LogP contribution in [0.5, 0.6) is 5.75 Å². The molecule has 0 saturated carbocycles. The Bertz CT molecular complexity index is 670. The predicted molar refractivity (Wildman–Crippen MR) is 97.2 cm³/mol. The number of hydrogen-bond acceptors (Lipinski definition) is 4. The van der Waals surface area contributed by atoms with Gasteiger partial charge >= 0.3 is 5.97 Å². The zero-order valence-corrected chi connectivity index (χ0v) is 15.3. The second kappa shape index (κ2) is 8.69. The number of rotatable bonds is 9. The van der Waals surface area contributed by atoms with Crippen molar-refractivity contribution in [2.24, 2.45) is 5.41 Å². The third kappa shape index (κ3) is 4.53. The number of amides is 2. The van der Waals surface area contributed by atoms with E-state index in [9.17, 15) is 19.5 Å². The van der Waals surface area contributed by atoms with Crippen LogP contribution in [0.3, 0.4) is 0 Å². The van der Waals surface area contributed by atoms with E-state index in [4.69, 9.17) is 4.74 Å². The molecule has 1 heterocycles. The molecule has 7 nitrogen and oxygen atoms in total. The third-order valence-electron chi connectivity index (χ3n) is 5.00. The predicted octanol–water partition coefficient (Wildman–Crippen LogP) is 2.20. The molecule has 0 bridgehead atoms. The van der Waals surface area contributed by atoms with Gasteiger partial charge in [0.1, 0.15) is 5.75 Å². The van der Waals surface area contributed by atoms with Crippen molar-refractivity contribution in [3.8, 4) is 5.75 Å². The van der Waals surface area contributed by atoms with Crippen LogP contribution in [0.25, 0.3) is 0 Å². The van der Waals surface area contributed by atoms with Crippen LogP contribution < -0.4 is 15.0 Å². The molecule has 0 atom stereocenters. The molecule has 2 rings (SSSR count). The van der Waals surface area contributed by atoms with E-state index in [1.807, 2.05) is 6.07 Å². The highest BCUT2D eigenvalue weighted by Gasteiger charge is 2.35. The molecule has 142 valence electrons. The first-order valence-corrected chi connectivity index (χ1v) is 8.95. The maximum Gasteiger partial charge on any atom is 0.311 e. The number of nitrogens with one attached hydrogen (secondary N) is 1. The van der Waals surface area contributed by atoms with Crippen molar-refractivity contribution in [1.29, 1.82) is 0 Å². The molecule has 0 aromatic heterocycles. The summed E-state index contributed by atoms with van der Waals surface area (Å²) in [6.45, 7) is 4.14. The van der Waals surface area contributed by atoms with Crippen molar-refractivity contribution in [3.63, 3.8) is 0 Å². The fourth-order valence-electron chi connectivity index (χ4n) is 3.01. The summed E-state index contributed by atoms with van der Waals surface area (Å²) in [5.74, 6) is -0.705. The van der Waals surface area contributed by atoms with Crippen LogP contribution in [-0.2, 0) is 14.4 Å². The summed E-state index contributed by atoms with van der Waals surface area (Å²) in [4.78, 5) is 37.0. The molecule has 0 spiro atoms. The number of hydrogen-bond donors (Lipinski definition) is 2. The minimum atomic E-state index is -0.953. The van der Waals surface area contributed by atoms with Gasteiger partial charge in [0.05, 0.1) is 5.41 Å². The van der Waals surface area contributed by atoms with E-state index in [-0.39, 0.29) is 25.0 Å². The van der Waals surface area contributed by atoms with E-state index in [0.717, 1.165) is 12.1 Å². The number of carbonyl (C=O) groups excluding carboxylic acids is 2. The number of aliphatic carboxylic acids is 1. The monoisotopic (exact) mass is 362 g/mol. The summed E-state index contributed by atoms with van der Waals surface area (Å²) in [6, 6.07) is 7.06. The molecule has 0 unspecified atom stereocenters. The zero-order chi connectivity index (χ0) is 19.2. The third-order valence-corrected chi connectivity index (χ3v) is 5.00. The minimum absolute atomic E-state index is 0.0693. The second-order valence-electron chi connectivity index (χ2n) is 6.50. The first kappa shape index (κ1) is 19.8. The van der Waals surface area contributed by atoms with Gasteiger partial charge in [-0.05, 0) is 31.4 Å². The fraction of sp³-hybridized carbons (Fsp3) is 0.526. The van der Waals surface area contributed by atoms with E-state index in [2.05, 4.69) is 5.32 Å². The molecule has 1 fully saturated rings. The van der Waals surface area contributed by atoms with Gasteiger partial charge in [0, 0.05) is 31.3 Å². The van der Waals surface area contributed by atoms with E-state index in [1.165, 1.54) is 0 Å². The largest absolute Gasteiger partial charge is 0.484 e. The van der Waals surface area contributed by atoms with E-state index in [0.29, 0.717) is 31.6 Å². The number of benzene rings is 1. The lowest BCUT2D eigenvalue weighted by molar-refractivity contribution is -0.149. The Hall–Kier alpha value is -2.57. The average molecular weight is 362 g/mol. The lowest BCUT2D eigenvalue weighted by Gasteiger charge is -2.26. The molecule has 1 saturated heterocycles. The summed E-state index contributed by atoms with van der Waals surface area (Å²) in [5.41, 5.74) is -0.196. The van der Waals surface area contributed by atoms with Gasteiger partial charge in [0.15, 0.2) is 6.61 Å². The van der Waals surface area contributed by atoms with Gasteiger partial charge < -0.3 is 20.1 Å². The standard InChI is InChI=1S/C19H26N2O5/c1-3-19(4-2,18(24)25)13-20-16(22)12-26-15-8-5-7-14(11-15)21-10-6-9-17(21)23/h5,7-8,11H,3-4,6,9-10,12-13H2,1-2H3,(H,20,22)(H,24,25). The lowest BCUT2D eigenvalue weighted by atomic mass is 9.82. The minimum Gasteiger partial charge on any atom is -0.484 e. The number of anilines is 1. The topological polar surface area (TPSA) is 95.9 Å². The van der Waals surface area contributed by atoms with Crippen molar-refractivity contribution >= 4 is 23.5 Å². The van der Waals surface area contributed by atoms with Crippen molar-refractivity contribution < 1.29 is 24.2 Å². The Balaban J connectivity index is 1.89. The molecule has 0 radical (unpaired) electrons. The Kier molecular flexibility index (Phi) is 6.60. The van der Waals surface area contributed by atoms with Gasteiger partial charge in [-0.3, -0.25) is 14.4 Å². The smallest absolute Gasteiger partial charge is 0.311 e. The van der Waals surface area contributed by atoms with Crippen molar-refractivity contribution in [1.82, 2.24) is 5.32 Å². The van der Waals surface area contributed by atoms with Gasteiger partial charge in [-0.25, -0.2) is 0 Å². The van der Waals surface area contributed by atoms with Crippen LogP contribution >= 0.6 is 0 Å². The Morgan fingerprint density at radius 1 is 1.31 bits per heavy atom. The number of carboxylic acid groups (broad SMARTS) is 1. The molecule has 1 aromatic carbocycles. The van der Waals surface area contributed by atoms with Crippen LogP contribution in [0.15, 0.2) is 24.3 Å². The van der Waals surface area contributed by atoms with Crippen LogP contribution in [-0.4, -0.2) is 42.6 Å². The average Bonchev–Trinajstić information content (AvgIpc) is 3.07. The molecule has 1 aliphatic heterocycles. The maximum atomic E-state index is 12.0. The van der Waals surface area contributed by atoms with Crippen molar-refractivity contribution in [2.75, 3.05) is 24.6 Å².